The van der Waals surface area contributed by atoms with Crippen LogP contribution in [0.2, 0.25) is 0 Å². The molecule has 3 nitrogen and oxygen atoms in total. The minimum atomic E-state index is 0. The Morgan fingerprint density at radius 3 is 2.38 bits per heavy atom. The fraction of sp³-hybridized carbons (Fsp3) is 0.941. The number of fused-ring (bicyclic) bond motifs is 2. The average molecular weight is 315 g/mol. The molecule has 4 heteroatoms. The van der Waals surface area contributed by atoms with E-state index in [1.807, 2.05) is 0 Å². The van der Waals surface area contributed by atoms with Gasteiger partial charge in [-0.2, -0.15) is 0 Å². The van der Waals surface area contributed by atoms with Gasteiger partial charge in [-0.1, -0.05) is 13.3 Å². The molecule has 0 aromatic heterocycles. The molecule has 2 aliphatic carbocycles. The third kappa shape index (κ3) is 3.39. The first kappa shape index (κ1) is 17.1. The van der Waals surface area contributed by atoms with Gasteiger partial charge >= 0.3 is 0 Å². The number of hydrogen-bond acceptors (Lipinski definition) is 2. The van der Waals surface area contributed by atoms with Gasteiger partial charge in [0.25, 0.3) is 0 Å². The number of hydrogen-bond donors (Lipinski definition) is 1. The van der Waals surface area contributed by atoms with Crippen molar-refractivity contribution in [3.05, 3.63) is 0 Å². The second-order valence-corrected chi connectivity index (χ2v) is 7.29. The quantitative estimate of drug-likeness (QED) is 0.849. The molecule has 3 unspecified atom stereocenters. The Balaban J connectivity index is 0.00000161. The van der Waals surface area contributed by atoms with Gasteiger partial charge in [0, 0.05) is 24.5 Å². The Morgan fingerprint density at radius 2 is 1.76 bits per heavy atom. The summed E-state index contributed by atoms with van der Waals surface area (Å²) in [5.74, 6) is 1.96. The smallest absolute Gasteiger partial charge is 0.225 e. The van der Waals surface area contributed by atoms with Crippen LogP contribution in [0, 0.1) is 17.8 Å². The molecule has 0 radical (unpaired) electrons. The van der Waals surface area contributed by atoms with Gasteiger partial charge in [-0.3, -0.25) is 4.79 Å². The van der Waals surface area contributed by atoms with Gasteiger partial charge in [-0.05, 0) is 63.2 Å². The van der Waals surface area contributed by atoms with E-state index in [2.05, 4.69) is 11.8 Å². The summed E-state index contributed by atoms with van der Waals surface area (Å²) in [6, 6.07) is 0.878. The molecule has 1 aliphatic heterocycles. The number of nitrogens with zero attached hydrogens (tertiary/aromatic N) is 1. The summed E-state index contributed by atoms with van der Waals surface area (Å²) in [7, 11) is 0. The van der Waals surface area contributed by atoms with Crippen molar-refractivity contribution < 1.29 is 4.79 Å². The van der Waals surface area contributed by atoms with Crippen LogP contribution in [0.5, 0.6) is 0 Å². The van der Waals surface area contributed by atoms with Gasteiger partial charge in [0.1, 0.15) is 0 Å². The molecule has 0 spiro atoms. The zero-order valence-corrected chi connectivity index (χ0v) is 14.1. The molecule has 3 aliphatic rings. The van der Waals surface area contributed by atoms with Crippen molar-refractivity contribution in [1.29, 1.82) is 0 Å². The highest BCUT2D eigenvalue weighted by Crippen LogP contribution is 2.42. The number of carbonyl (C=O) groups is 1. The highest BCUT2D eigenvalue weighted by atomic mass is 35.5. The summed E-state index contributed by atoms with van der Waals surface area (Å²) in [6.45, 7) is 3.22. The normalized spacial score (nSPS) is 39.5. The molecule has 3 fully saturated rings. The molecule has 1 heterocycles. The van der Waals surface area contributed by atoms with E-state index >= 15 is 0 Å². The Labute approximate surface area is 135 Å². The van der Waals surface area contributed by atoms with E-state index in [4.69, 9.17) is 5.73 Å². The summed E-state index contributed by atoms with van der Waals surface area (Å²) < 4.78 is 0. The van der Waals surface area contributed by atoms with Gasteiger partial charge in [-0.25, -0.2) is 0 Å². The lowest BCUT2D eigenvalue weighted by Gasteiger charge is -2.46. The number of likely N-dealkylation sites (tertiary alicyclic amines) is 1. The highest BCUT2D eigenvalue weighted by molar-refractivity contribution is 5.85. The second-order valence-electron chi connectivity index (χ2n) is 7.29. The maximum Gasteiger partial charge on any atom is 0.225 e. The van der Waals surface area contributed by atoms with E-state index in [1.54, 1.807) is 0 Å². The van der Waals surface area contributed by atoms with E-state index in [0.29, 0.717) is 29.8 Å². The van der Waals surface area contributed by atoms with Crippen molar-refractivity contribution >= 4 is 18.3 Å². The summed E-state index contributed by atoms with van der Waals surface area (Å²) in [4.78, 5) is 15.2. The molecule has 2 bridgehead atoms. The number of halogens is 1. The summed E-state index contributed by atoms with van der Waals surface area (Å²) >= 11 is 0. The van der Waals surface area contributed by atoms with Gasteiger partial charge in [-0.15, -0.1) is 12.4 Å². The highest BCUT2D eigenvalue weighted by Gasteiger charge is 2.42. The van der Waals surface area contributed by atoms with Crippen LogP contribution in [0.4, 0.5) is 0 Å². The number of nitrogens with two attached hydrogens (primary N) is 1. The minimum absolute atomic E-state index is 0. The molecule has 1 amide bonds. The fourth-order valence-electron chi connectivity index (χ4n) is 4.94. The molecule has 122 valence electrons. The third-order valence-corrected chi connectivity index (χ3v) is 6.14. The lowest BCUT2D eigenvalue weighted by molar-refractivity contribution is -0.142. The maximum atomic E-state index is 12.9. The van der Waals surface area contributed by atoms with Crippen LogP contribution >= 0.6 is 12.4 Å². The first-order valence-corrected chi connectivity index (χ1v) is 8.76. The summed E-state index contributed by atoms with van der Waals surface area (Å²) in [5.41, 5.74) is 6.35. The van der Waals surface area contributed by atoms with E-state index in [-0.39, 0.29) is 18.3 Å². The van der Waals surface area contributed by atoms with Crippen LogP contribution in [-0.4, -0.2) is 29.4 Å². The van der Waals surface area contributed by atoms with E-state index < -0.39 is 0 Å². The zero-order chi connectivity index (χ0) is 14.1. The molecule has 0 aromatic rings. The Bertz CT molecular complexity index is 349. The fourth-order valence-corrected chi connectivity index (χ4v) is 4.94. The van der Waals surface area contributed by atoms with Crippen LogP contribution in [0.25, 0.3) is 0 Å². The van der Waals surface area contributed by atoms with Gasteiger partial charge in [0.05, 0.1) is 0 Å². The molecule has 3 rings (SSSR count). The number of carbonyl (C=O) groups excluding carboxylic acids is 1. The Morgan fingerprint density at radius 1 is 1.10 bits per heavy atom. The molecule has 2 saturated carbocycles. The van der Waals surface area contributed by atoms with Crippen LogP contribution < -0.4 is 5.73 Å². The SMILES string of the molecule is CCC1CCCCN1C(=O)C1CC2CCCC(C1)C2N.Cl. The second kappa shape index (κ2) is 7.32. The number of amides is 1. The van der Waals surface area contributed by atoms with Crippen molar-refractivity contribution in [2.24, 2.45) is 23.5 Å². The van der Waals surface area contributed by atoms with Crippen molar-refractivity contribution in [2.75, 3.05) is 6.54 Å². The molecule has 2 N–H and O–H groups in total. The first-order chi connectivity index (χ1) is 9.70. The van der Waals surface area contributed by atoms with E-state index in [9.17, 15) is 4.79 Å². The Hall–Kier alpha value is -0.280. The van der Waals surface area contributed by atoms with Crippen molar-refractivity contribution in [3.8, 4) is 0 Å². The molecule has 21 heavy (non-hydrogen) atoms. The Kier molecular flexibility index (Phi) is 5.96. The lowest BCUT2D eigenvalue weighted by Crippen LogP contribution is -2.52. The number of piperidine rings is 1. The van der Waals surface area contributed by atoms with Crippen LogP contribution in [0.3, 0.4) is 0 Å². The van der Waals surface area contributed by atoms with E-state index in [1.165, 1.54) is 38.5 Å². The lowest BCUT2D eigenvalue weighted by atomic mass is 9.64. The molecule has 3 atom stereocenters. The van der Waals surface area contributed by atoms with Crippen LogP contribution in [-0.2, 0) is 4.79 Å². The van der Waals surface area contributed by atoms with Crippen LogP contribution in [0.1, 0.15) is 64.7 Å². The molecule has 1 saturated heterocycles. The minimum Gasteiger partial charge on any atom is -0.339 e. The molecular weight excluding hydrogens is 284 g/mol. The first-order valence-electron chi connectivity index (χ1n) is 8.76. The third-order valence-electron chi connectivity index (χ3n) is 6.14. The average Bonchev–Trinajstić information content (AvgIpc) is 2.46. The monoisotopic (exact) mass is 314 g/mol. The van der Waals surface area contributed by atoms with Gasteiger partial charge in [0.15, 0.2) is 0 Å². The van der Waals surface area contributed by atoms with Gasteiger partial charge in [0.2, 0.25) is 5.91 Å². The number of rotatable bonds is 2. The predicted octanol–water partition coefficient (Wildman–Crippen LogP) is 3.35. The summed E-state index contributed by atoms with van der Waals surface area (Å²) in [5, 5.41) is 0. The predicted molar refractivity (Wildman–Crippen MR) is 88.4 cm³/mol. The largest absolute Gasteiger partial charge is 0.339 e. The zero-order valence-electron chi connectivity index (χ0n) is 13.3. The standard InChI is InChI=1S/C17H30N2O.ClH/c1-2-15-8-3-4-9-19(15)17(20)14-10-12-6-5-7-13(11-14)16(12)18;/h12-16H,2-11,18H2,1H3;1H. The summed E-state index contributed by atoms with van der Waals surface area (Å²) in [6.07, 6.45) is 10.8. The topological polar surface area (TPSA) is 46.3 Å². The maximum absolute atomic E-state index is 12.9. The van der Waals surface area contributed by atoms with E-state index in [0.717, 1.165) is 25.8 Å². The van der Waals surface area contributed by atoms with Crippen molar-refractivity contribution in [1.82, 2.24) is 4.90 Å². The molecule has 0 aromatic carbocycles. The van der Waals surface area contributed by atoms with Crippen molar-refractivity contribution in [3.63, 3.8) is 0 Å². The van der Waals surface area contributed by atoms with Crippen molar-refractivity contribution in [2.45, 2.75) is 76.8 Å². The van der Waals surface area contributed by atoms with Crippen LogP contribution in [0.15, 0.2) is 0 Å². The molecular formula is C17H31ClN2O. The van der Waals surface area contributed by atoms with Gasteiger partial charge < -0.3 is 10.6 Å².